The number of benzene rings is 1. The van der Waals surface area contributed by atoms with Crippen molar-refractivity contribution >= 4 is 35.1 Å². The maximum Gasteiger partial charge on any atom is 0.211 e. The van der Waals surface area contributed by atoms with Gasteiger partial charge in [-0.3, -0.25) is 5.01 Å². The van der Waals surface area contributed by atoms with Crippen molar-refractivity contribution in [3.8, 4) is 6.07 Å². The van der Waals surface area contributed by atoms with Gasteiger partial charge in [-0.05, 0) is 43.2 Å². The van der Waals surface area contributed by atoms with Gasteiger partial charge < -0.3 is 5.11 Å². The smallest absolute Gasteiger partial charge is 0.211 e. The number of thioether (sulfide) groups is 2. The van der Waals surface area contributed by atoms with Crippen LogP contribution in [0.25, 0.3) is 0 Å². The zero-order valence-corrected chi connectivity index (χ0v) is 13.8. The molecule has 0 radical (unpaired) electrons. The number of nitrogens with two attached hydrogens (primary N) is 1. The summed E-state index contributed by atoms with van der Waals surface area (Å²) in [5.41, 5.74) is 0.662. The molecule has 21 heavy (non-hydrogen) atoms. The highest BCUT2D eigenvalue weighted by Crippen LogP contribution is 2.32. The van der Waals surface area contributed by atoms with Crippen LogP contribution in [0.15, 0.2) is 33.9 Å². The minimum atomic E-state index is 0.203. The van der Waals surface area contributed by atoms with Gasteiger partial charge in [0.25, 0.3) is 0 Å². The summed E-state index contributed by atoms with van der Waals surface area (Å²) in [7, 11) is 0. The lowest BCUT2D eigenvalue weighted by Crippen LogP contribution is -2.26. The van der Waals surface area contributed by atoms with Crippen LogP contribution in [0.4, 0.5) is 0 Å². The number of allylic oxidation sites excluding steroid dienone is 1. The number of nitrogens with zero attached hydrogens (tertiary/aromatic N) is 2. The average Bonchev–Trinajstić information content (AvgIpc) is 2.79. The molecular formula is C14H16ClN3OS2. The summed E-state index contributed by atoms with van der Waals surface area (Å²) >= 11 is 9.18. The molecule has 0 amide bonds. The normalized spacial score (nSPS) is 14.6. The Kier molecular flexibility index (Phi) is 6.12. The minimum absolute atomic E-state index is 0.203. The zero-order chi connectivity index (χ0) is 15.2. The van der Waals surface area contributed by atoms with Gasteiger partial charge in [0.05, 0.1) is 11.4 Å². The molecule has 1 heterocycles. The summed E-state index contributed by atoms with van der Waals surface area (Å²) < 4.78 is 0. The van der Waals surface area contributed by atoms with Crippen LogP contribution in [0.2, 0.25) is 5.02 Å². The van der Waals surface area contributed by atoms with E-state index in [1.165, 1.54) is 5.01 Å². The first-order valence-electron chi connectivity index (χ1n) is 6.51. The van der Waals surface area contributed by atoms with Gasteiger partial charge in [0, 0.05) is 14.8 Å². The Morgan fingerprint density at radius 1 is 1.48 bits per heavy atom. The van der Waals surface area contributed by atoms with Gasteiger partial charge in [-0.15, -0.1) is 23.5 Å². The van der Waals surface area contributed by atoms with Crippen LogP contribution < -0.4 is 5.84 Å². The molecule has 1 aromatic carbocycles. The van der Waals surface area contributed by atoms with Crippen LogP contribution in [0.5, 0.6) is 0 Å². The Bertz CT molecular complexity index is 586. The Balaban J connectivity index is 1.76. The van der Waals surface area contributed by atoms with E-state index in [0.29, 0.717) is 16.5 Å². The standard InChI is InChI=1S/C14H16ClN3OS2/c15-11-5-4-10(8-16)13(7-11)20-6-2-1-3-12-14(19)18(17)9-21-12/h4-5,7,19H,1-3,6,9,17H2. The van der Waals surface area contributed by atoms with E-state index < -0.39 is 0 Å². The molecule has 1 aliphatic rings. The SMILES string of the molecule is N#Cc1ccc(Cl)cc1SCCCCC1=C(O)N(N)CS1. The van der Waals surface area contributed by atoms with Crippen molar-refractivity contribution in [1.29, 1.82) is 5.26 Å². The van der Waals surface area contributed by atoms with Gasteiger partial charge in [0.15, 0.2) is 0 Å². The quantitative estimate of drug-likeness (QED) is 0.461. The van der Waals surface area contributed by atoms with Crippen molar-refractivity contribution in [3.05, 3.63) is 39.6 Å². The molecule has 0 fully saturated rings. The van der Waals surface area contributed by atoms with Crippen molar-refractivity contribution in [2.45, 2.75) is 24.2 Å². The molecule has 0 atom stereocenters. The van der Waals surface area contributed by atoms with Gasteiger partial charge in [0.2, 0.25) is 5.88 Å². The van der Waals surface area contributed by atoms with Gasteiger partial charge >= 0.3 is 0 Å². The molecule has 7 heteroatoms. The summed E-state index contributed by atoms with van der Waals surface area (Å²) in [5, 5.41) is 20.8. The lowest BCUT2D eigenvalue weighted by molar-refractivity contribution is 0.233. The fourth-order valence-electron chi connectivity index (χ4n) is 1.90. The second kappa shape index (κ2) is 7.85. The fourth-order valence-corrected chi connectivity index (χ4v) is 4.13. The number of unbranched alkanes of at least 4 members (excludes halogenated alkanes) is 1. The lowest BCUT2D eigenvalue weighted by atomic mass is 10.2. The first-order chi connectivity index (χ1) is 10.1. The third-order valence-electron chi connectivity index (χ3n) is 3.02. The van der Waals surface area contributed by atoms with Crippen molar-refractivity contribution in [2.24, 2.45) is 5.84 Å². The predicted octanol–water partition coefficient (Wildman–Crippen LogP) is 4.08. The van der Waals surface area contributed by atoms with Crippen molar-refractivity contribution < 1.29 is 5.11 Å². The number of rotatable bonds is 6. The van der Waals surface area contributed by atoms with E-state index in [0.717, 1.165) is 34.8 Å². The monoisotopic (exact) mass is 341 g/mol. The molecule has 0 unspecified atom stereocenters. The molecule has 1 aliphatic heterocycles. The van der Waals surface area contributed by atoms with Crippen LogP contribution in [0, 0.1) is 11.3 Å². The molecule has 3 N–H and O–H groups in total. The number of hydrazine groups is 1. The van der Waals surface area contributed by atoms with E-state index in [2.05, 4.69) is 6.07 Å². The molecule has 112 valence electrons. The Morgan fingerprint density at radius 2 is 2.29 bits per heavy atom. The largest absolute Gasteiger partial charge is 0.493 e. The zero-order valence-electron chi connectivity index (χ0n) is 11.4. The Labute approximate surface area is 137 Å². The maximum absolute atomic E-state index is 9.69. The van der Waals surface area contributed by atoms with Crippen molar-refractivity contribution in [2.75, 3.05) is 11.6 Å². The molecule has 0 aliphatic carbocycles. The van der Waals surface area contributed by atoms with Crippen LogP contribution in [-0.4, -0.2) is 21.7 Å². The van der Waals surface area contributed by atoms with Crippen molar-refractivity contribution in [3.63, 3.8) is 0 Å². The summed E-state index contributed by atoms with van der Waals surface area (Å²) in [6.07, 6.45) is 2.82. The molecule has 0 saturated carbocycles. The molecule has 1 aromatic rings. The van der Waals surface area contributed by atoms with Gasteiger partial charge in [-0.2, -0.15) is 5.26 Å². The summed E-state index contributed by atoms with van der Waals surface area (Å²) in [5.74, 6) is 7.31. The van der Waals surface area contributed by atoms with Crippen LogP contribution in [0.1, 0.15) is 24.8 Å². The lowest BCUT2D eigenvalue weighted by Gasteiger charge is -2.07. The third kappa shape index (κ3) is 4.48. The molecule has 0 saturated heterocycles. The van der Waals surface area contributed by atoms with Crippen molar-refractivity contribution in [1.82, 2.24) is 5.01 Å². The van der Waals surface area contributed by atoms with Crippen LogP contribution in [-0.2, 0) is 0 Å². The van der Waals surface area contributed by atoms with E-state index >= 15 is 0 Å². The highest BCUT2D eigenvalue weighted by atomic mass is 35.5. The molecule has 2 rings (SSSR count). The number of hydrogen-bond acceptors (Lipinski definition) is 6. The highest BCUT2D eigenvalue weighted by Gasteiger charge is 2.19. The second-order valence-corrected chi connectivity index (χ2v) is 7.16. The first-order valence-corrected chi connectivity index (χ1v) is 8.86. The number of nitriles is 1. The van der Waals surface area contributed by atoms with Crippen LogP contribution in [0.3, 0.4) is 0 Å². The van der Waals surface area contributed by atoms with E-state index in [1.54, 1.807) is 35.7 Å². The summed E-state index contributed by atoms with van der Waals surface area (Å²) in [6, 6.07) is 7.49. The highest BCUT2D eigenvalue weighted by molar-refractivity contribution is 8.03. The summed E-state index contributed by atoms with van der Waals surface area (Å²) in [6.45, 7) is 0. The summed E-state index contributed by atoms with van der Waals surface area (Å²) in [4.78, 5) is 1.89. The Morgan fingerprint density at radius 3 is 2.95 bits per heavy atom. The van der Waals surface area contributed by atoms with Crippen LogP contribution >= 0.6 is 35.1 Å². The minimum Gasteiger partial charge on any atom is -0.493 e. The fraction of sp³-hybridized carbons (Fsp3) is 0.357. The molecular weight excluding hydrogens is 326 g/mol. The third-order valence-corrected chi connectivity index (χ3v) is 5.54. The number of aliphatic hydroxyl groups is 1. The molecule has 0 aromatic heterocycles. The van der Waals surface area contributed by atoms with Gasteiger partial charge in [-0.1, -0.05) is 11.6 Å². The number of halogens is 1. The predicted molar refractivity (Wildman–Crippen MR) is 88.9 cm³/mol. The molecule has 4 nitrogen and oxygen atoms in total. The van der Waals surface area contributed by atoms with Gasteiger partial charge in [-0.25, -0.2) is 5.84 Å². The maximum atomic E-state index is 9.69. The molecule has 0 spiro atoms. The number of aliphatic hydroxyl groups excluding tert-OH is 1. The topological polar surface area (TPSA) is 73.3 Å². The van der Waals surface area contributed by atoms with E-state index in [4.69, 9.17) is 22.7 Å². The second-order valence-electron chi connectivity index (χ2n) is 4.55. The van der Waals surface area contributed by atoms with Gasteiger partial charge in [0.1, 0.15) is 6.07 Å². The van der Waals surface area contributed by atoms with E-state index in [-0.39, 0.29) is 5.88 Å². The average molecular weight is 342 g/mol. The molecule has 0 bridgehead atoms. The van der Waals surface area contributed by atoms with E-state index in [1.807, 2.05) is 6.07 Å². The number of hydrogen-bond donors (Lipinski definition) is 2. The Hall–Kier alpha value is -1.00. The van der Waals surface area contributed by atoms with E-state index in [9.17, 15) is 5.11 Å². The first kappa shape index (κ1) is 16.4.